The highest BCUT2D eigenvalue weighted by atomic mass is 31.2. The number of hydrogen-bond donors (Lipinski definition) is 3. The molecule has 0 heterocycles. The van der Waals surface area contributed by atoms with E-state index in [-0.39, 0.29) is 31.7 Å². The Bertz CT molecular complexity index is 1250. The van der Waals surface area contributed by atoms with Crippen molar-refractivity contribution in [2.24, 2.45) is 0 Å². The number of ether oxygens (including phenoxy) is 1. The average molecular weight is 553 g/mol. The van der Waals surface area contributed by atoms with Gasteiger partial charge in [-0.1, -0.05) is 80.6 Å². The third-order valence-corrected chi connectivity index (χ3v) is 7.16. The SMILES string of the molecule is CCOC(=O)CCNC(=O)[C@H](Cc1ccc(-c2ccccc2)cc1)NCP(=O)(O)Oc1ccc(C(C)C)cc1. The predicted molar refractivity (Wildman–Crippen MR) is 153 cm³/mol. The molecule has 0 radical (unpaired) electrons. The van der Waals surface area contributed by atoms with Gasteiger partial charge in [-0.25, -0.2) is 4.57 Å². The quantitative estimate of drug-likeness (QED) is 0.184. The molecule has 0 aliphatic rings. The summed E-state index contributed by atoms with van der Waals surface area (Å²) < 4.78 is 23.1. The van der Waals surface area contributed by atoms with Crippen LogP contribution in [-0.2, 0) is 25.3 Å². The van der Waals surface area contributed by atoms with Crippen LogP contribution in [0.2, 0.25) is 0 Å². The highest BCUT2D eigenvalue weighted by molar-refractivity contribution is 7.53. The summed E-state index contributed by atoms with van der Waals surface area (Å²) in [5.41, 5.74) is 4.08. The van der Waals surface area contributed by atoms with Crippen LogP contribution in [0.15, 0.2) is 78.9 Å². The number of esters is 1. The number of rotatable bonds is 14. The second-order valence-corrected chi connectivity index (χ2v) is 11.3. The van der Waals surface area contributed by atoms with Gasteiger partial charge in [0.1, 0.15) is 12.0 Å². The second-order valence-electron chi connectivity index (χ2n) is 9.48. The standard InChI is InChI=1S/C30H37N2O6P/c1-4-37-29(33)18-19-31-30(34)28(20-23-10-12-26(13-11-23)25-8-6-5-7-9-25)32-21-39(35,36)38-27-16-14-24(15-17-27)22(2)3/h5-17,22,28,32H,4,18-21H2,1-3H3,(H,31,34)(H,35,36)/t28-/m0/s1. The Morgan fingerprint density at radius 1 is 0.923 bits per heavy atom. The van der Waals surface area contributed by atoms with Crippen LogP contribution >= 0.6 is 7.60 Å². The van der Waals surface area contributed by atoms with Gasteiger partial charge in [0.25, 0.3) is 0 Å². The molecule has 3 N–H and O–H groups in total. The van der Waals surface area contributed by atoms with Gasteiger partial charge >= 0.3 is 13.6 Å². The lowest BCUT2D eigenvalue weighted by Gasteiger charge is -2.21. The molecular formula is C30H37N2O6P. The van der Waals surface area contributed by atoms with Crippen LogP contribution in [0.5, 0.6) is 5.75 Å². The number of benzene rings is 3. The van der Waals surface area contributed by atoms with Gasteiger partial charge in [0, 0.05) is 6.54 Å². The number of nitrogens with one attached hydrogen (secondary N) is 2. The van der Waals surface area contributed by atoms with Crippen LogP contribution in [0, 0.1) is 0 Å². The maximum Gasteiger partial charge on any atom is 0.390 e. The van der Waals surface area contributed by atoms with Crippen molar-refractivity contribution in [3.05, 3.63) is 90.0 Å². The first-order valence-electron chi connectivity index (χ1n) is 13.1. The Kier molecular flexibility index (Phi) is 11.3. The smallest absolute Gasteiger partial charge is 0.390 e. The van der Waals surface area contributed by atoms with E-state index in [4.69, 9.17) is 9.26 Å². The van der Waals surface area contributed by atoms with E-state index >= 15 is 0 Å². The molecular weight excluding hydrogens is 515 g/mol. The first-order valence-corrected chi connectivity index (χ1v) is 14.9. The van der Waals surface area contributed by atoms with Crippen LogP contribution in [0.3, 0.4) is 0 Å². The summed E-state index contributed by atoms with van der Waals surface area (Å²) in [6.07, 6.45) is -0.133. The lowest BCUT2D eigenvalue weighted by molar-refractivity contribution is -0.143. The molecule has 0 spiro atoms. The number of hydrogen-bond acceptors (Lipinski definition) is 6. The van der Waals surface area contributed by atoms with Crippen molar-refractivity contribution >= 4 is 19.5 Å². The van der Waals surface area contributed by atoms with Gasteiger partial charge < -0.3 is 19.5 Å². The Morgan fingerprint density at radius 3 is 2.18 bits per heavy atom. The molecule has 39 heavy (non-hydrogen) atoms. The molecule has 8 nitrogen and oxygen atoms in total. The molecule has 2 atom stereocenters. The van der Waals surface area contributed by atoms with Crippen LogP contribution in [0.25, 0.3) is 11.1 Å². The topological polar surface area (TPSA) is 114 Å². The molecule has 0 fully saturated rings. The molecule has 0 saturated carbocycles. The van der Waals surface area contributed by atoms with Crippen LogP contribution < -0.4 is 15.2 Å². The third-order valence-electron chi connectivity index (χ3n) is 6.08. The molecule has 3 rings (SSSR count). The molecule has 1 unspecified atom stereocenters. The van der Waals surface area contributed by atoms with Gasteiger partial charge in [-0.15, -0.1) is 0 Å². The monoisotopic (exact) mass is 552 g/mol. The lowest BCUT2D eigenvalue weighted by Crippen LogP contribution is -2.46. The maximum absolute atomic E-state index is 13.0. The molecule has 0 aliphatic carbocycles. The third kappa shape index (κ3) is 9.98. The van der Waals surface area contributed by atoms with Crippen LogP contribution in [0.4, 0.5) is 0 Å². The normalized spacial score (nSPS) is 13.4. The molecule has 0 bridgehead atoms. The fourth-order valence-electron chi connectivity index (χ4n) is 3.94. The average Bonchev–Trinajstić information content (AvgIpc) is 2.92. The highest BCUT2D eigenvalue weighted by Gasteiger charge is 2.26. The summed E-state index contributed by atoms with van der Waals surface area (Å²) in [6, 6.07) is 23.9. The van der Waals surface area contributed by atoms with E-state index in [1.54, 1.807) is 19.1 Å². The first-order chi connectivity index (χ1) is 18.7. The van der Waals surface area contributed by atoms with Crippen molar-refractivity contribution in [2.75, 3.05) is 19.4 Å². The molecule has 9 heteroatoms. The van der Waals surface area contributed by atoms with Crippen LogP contribution in [-0.4, -0.2) is 42.2 Å². The van der Waals surface area contributed by atoms with Crippen molar-refractivity contribution in [3.63, 3.8) is 0 Å². The second kappa shape index (κ2) is 14.6. The molecule has 3 aromatic rings. The van der Waals surface area contributed by atoms with E-state index in [2.05, 4.69) is 24.5 Å². The maximum atomic E-state index is 13.0. The van der Waals surface area contributed by atoms with E-state index < -0.39 is 31.8 Å². The Balaban J connectivity index is 1.67. The summed E-state index contributed by atoms with van der Waals surface area (Å²) in [4.78, 5) is 35.2. The van der Waals surface area contributed by atoms with E-state index in [0.29, 0.717) is 5.92 Å². The zero-order chi connectivity index (χ0) is 28.3. The number of amides is 1. The lowest BCUT2D eigenvalue weighted by atomic mass is 10.0. The summed E-state index contributed by atoms with van der Waals surface area (Å²) in [5.74, 6) is -0.200. The minimum atomic E-state index is -4.12. The van der Waals surface area contributed by atoms with Crippen molar-refractivity contribution in [3.8, 4) is 16.9 Å². The van der Waals surface area contributed by atoms with E-state index in [9.17, 15) is 19.0 Å². The number of carbonyl (C=O) groups is 2. The van der Waals surface area contributed by atoms with Gasteiger partial charge in [0.15, 0.2) is 0 Å². The Morgan fingerprint density at radius 2 is 1.56 bits per heavy atom. The predicted octanol–water partition coefficient (Wildman–Crippen LogP) is 5.27. The first kappa shape index (κ1) is 30.1. The van der Waals surface area contributed by atoms with Gasteiger partial charge in [0.05, 0.1) is 19.1 Å². The van der Waals surface area contributed by atoms with Gasteiger partial charge in [-0.3, -0.25) is 14.9 Å². The Hall–Kier alpha value is -3.45. The summed E-state index contributed by atoms with van der Waals surface area (Å²) in [5, 5.41) is 5.62. The van der Waals surface area contributed by atoms with Crippen molar-refractivity contribution in [1.29, 1.82) is 0 Å². The van der Waals surface area contributed by atoms with E-state index in [1.807, 2.05) is 66.7 Å². The number of carbonyl (C=O) groups excluding carboxylic acids is 2. The minimum absolute atomic E-state index is 0.0338. The summed E-state index contributed by atoms with van der Waals surface area (Å²) in [6.45, 7) is 6.20. The van der Waals surface area contributed by atoms with Gasteiger partial charge in [0.2, 0.25) is 5.91 Å². The van der Waals surface area contributed by atoms with Crippen molar-refractivity contribution < 1.29 is 28.3 Å². The zero-order valence-electron chi connectivity index (χ0n) is 22.6. The highest BCUT2D eigenvalue weighted by Crippen LogP contribution is 2.41. The zero-order valence-corrected chi connectivity index (χ0v) is 23.5. The summed E-state index contributed by atoms with van der Waals surface area (Å²) in [7, 11) is -4.12. The van der Waals surface area contributed by atoms with Crippen molar-refractivity contribution in [2.45, 2.75) is 45.6 Å². The van der Waals surface area contributed by atoms with Crippen LogP contribution in [0.1, 0.15) is 44.2 Å². The minimum Gasteiger partial charge on any atom is -0.466 e. The Labute approximate surface area is 230 Å². The molecule has 0 saturated heterocycles. The largest absolute Gasteiger partial charge is 0.466 e. The van der Waals surface area contributed by atoms with Gasteiger partial charge in [-0.2, -0.15) is 0 Å². The fraction of sp³-hybridized carbons (Fsp3) is 0.333. The fourth-order valence-corrected chi connectivity index (χ4v) is 4.90. The molecule has 0 aromatic heterocycles. The van der Waals surface area contributed by atoms with Gasteiger partial charge in [-0.05, 0) is 53.6 Å². The summed E-state index contributed by atoms with van der Waals surface area (Å²) >= 11 is 0. The molecule has 208 valence electrons. The van der Waals surface area contributed by atoms with Crippen molar-refractivity contribution in [1.82, 2.24) is 10.6 Å². The molecule has 1 amide bonds. The van der Waals surface area contributed by atoms with E-state index in [1.165, 1.54) is 0 Å². The van der Waals surface area contributed by atoms with E-state index in [0.717, 1.165) is 22.3 Å². The molecule has 0 aliphatic heterocycles. The molecule has 3 aromatic carbocycles.